The van der Waals surface area contributed by atoms with Gasteiger partial charge in [0.15, 0.2) is 0 Å². The van der Waals surface area contributed by atoms with E-state index >= 15 is 0 Å². The summed E-state index contributed by atoms with van der Waals surface area (Å²) in [5, 5.41) is 3.09. The van der Waals surface area contributed by atoms with Gasteiger partial charge in [-0.1, -0.05) is 12.2 Å². The van der Waals surface area contributed by atoms with Gasteiger partial charge < -0.3 is 10.1 Å². The van der Waals surface area contributed by atoms with Crippen molar-refractivity contribution >= 4 is 0 Å². The van der Waals surface area contributed by atoms with Gasteiger partial charge in [0.05, 0.1) is 6.10 Å². The molecule has 0 aliphatic carbocycles. The SMILES string of the molecule is C=C(CNC)CC1CCCO1. The third kappa shape index (κ3) is 3.04. The summed E-state index contributed by atoms with van der Waals surface area (Å²) >= 11 is 0. The first-order valence-corrected chi connectivity index (χ1v) is 4.26. The van der Waals surface area contributed by atoms with Crippen molar-refractivity contribution in [1.82, 2.24) is 5.32 Å². The highest BCUT2D eigenvalue weighted by atomic mass is 16.5. The fourth-order valence-corrected chi connectivity index (χ4v) is 1.45. The van der Waals surface area contributed by atoms with E-state index in [4.69, 9.17) is 4.74 Å². The number of nitrogens with one attached hydrogen (secondary N) is 1. The van der Waals surface area contributed by atoms with Crippen molar-refractivity contribution in [2.75, 3.05) is 20.2 Å². The zero-order chi connectivity index (χ0) is 8.10. The van der Waals surface area contributed by atoms with E-state index in [0.717, 1.165) is 19.6 Å². The molecular formula is C9H17NO. The van der Waals surface area contributed by atoms with Gasteiger partial charge in [-0.25, -0.2) is 0 Å². The molecule has 0 spiro atoms. The Morgan fingerprint density at radius 3 is 3.09 bits per heavy atom. The second-order valence-corrected chi connectivity index (χ2v) is 3.12. The largest absolute Gasteiger partial charge is 0.378 e. The van der Waals surface area contributed by atoms with E-state index in [9.17, 15) is 0 Å². The molecule has 1 rings (SSSR count). The normalized spacial score (nSPS) is 23.9. The fraction of sp³-hybridized carbons (Fsp3) is 0.778. The topological polar surface area (TPSA) is 21.3 Å². The van der Waals surface area contributed by atoms with Crippen LogP contribution in [0, 0.1) is 0 Å². The van der Waals surface area contributed by atoms with Crippen molar-refractivity contribution in [2.45, 2.75) is 25.4 Å². The lowest BCUT2D eigenvalue weighted by molar-refractivity contribution is 0.111. The molecule has 0 amide bonds. The van der Waals surface area contributed by atoms with E-state index in [1.807, 2.05) is 7.05 Å². The predicted octanol–water partition coefficient (Wildman–Crippen LogP) is 1.33. The van der Waals surface area contributed by atoms with Crippen molar-refractivity contribution < 1.29 is 4.74 Å². The van der Waals surface area contributed by atoms with Crippen LogP contribution in [0.1, 0.15) is 19.3 Å². The Hall–Kier alpha value is -0.340. The molecular weight excluding hydrogens is 138 g/mol. The van der Waals surface area contributed by atoms with Crippen LogP contribution in [0.15, 0.2) is 12.2 Å². The minimum absolute atomic E-state index is 0.454. The number of hydrogen-bond donors (Lipinski definition) is 1. The fourth-order valence-electron chi connectivity index (χ4n) is 1.45. The lowest BCUT2D eigenvalue weighted by Crippen LogP contribution is -2.14. The molecule has 2 nitrogen and oxygen atoms in total. The zero-order valence-electron chi connectivity index (χ0n) is 7.23. The highest BCUT2D eigenvalue weighted by Crippen LogP contribution is 2.18. The smallest absolute Gasteiger partial charge is 0.0613 e. The van der Waals surface area contributed by atoms with Crippen LogP contribution in [0.5, 0.6) is 0 Å². The molecule has 0 bridgehead atoms. The third-order valence-corrected chi connectivity index (χ3v) is 1.97. The summed E-state index contributed by atoms with van der Waals surface area (Å²) in [5.41, 5.74) is 1.25. The number of likely N-dealkylation sites (N-methyl/N-ethyl adjacent to an activating group) is 1. The van der Waals surface area contributed by atoms with E-state index in [0.29, 0.717) is 6.10 Å². The molecule has 0 radical (unpaired) electrons. The van der Waals surface area contributed by atoms with E-state index in [1.165, 1.54) is 18.4 Å². The van der Waals surface area contributed by atoms with Gasteiger partial charge in [0.1, 0.15) is 0 Å². The van der Waals surface area contributed by atoms with Crippen molar-refractivity contribution in [1.29, 1.82) is 0 Å². The van der Waals surface area contributed by atoms with Gasteiger partial charge in [-0.15, -0.1) is 0 Å². The molecule has 1 N–H and O–H groups in total. The molecule has 64 valence electrons. The molecule has 1 saturated heterocycles. The van der Waals surface area contributed by atoms with Crippen LogP contribution in [-0.4, -0.2) is 26.3 Å². The molecule has 1 aliphatic heterocycles. The summed E-state index contributed by atoms with van der Waals surface area (Å²) < 4.78 is 5.48. The lowest BCUT2D eigenvalue weighted by Gasteiger charge is -2.10. The number of hydrogen-bond acceptors (Lipinski definition) is 2. The first kappa shape index (κ1) is 8.75. The summed E-state index contributed by atoms with van der Waals surface area (Å²) in [6, 6.07) is 0. The van der Waals surface area contributed by atoms with Crippen molar-refractivity contribution in [3.63, 3.8) is 0 Å². The highest BCUT2D eigenvalue weighted by Gasteiger charge is 2.15. The summed E-state index contributed by atoms with van der Waals surface area (Å²) in [6.45, 7) is 5.82. The third-order valence-electron chi connectivity index (χ3n) is 1.97. The van der Waals surface area contributed by atoms with Crippen LogP contribution in [-0.2, 0) is 4.74 Å². The van der Waals surface area contributed by atoms with Crippen molar-refractivity contribution in [3.8, 4) is 0 Å². The highest BCUT2D eigenvalue weighted by molar-refractivity contribution is 4.98. The molecule has 1 fully saturated rings. The van der Waals surface area contributed by atoms with Gasteiger partial charge in [-0.2, -0.15) is 0 Å². The predicted molar refractivity (Wildman–Crippen MR) is 46.7 cm³/mol. The van der Waals surface area contributed by atoms with E-state index in [1.54, 1.807) is 0 Å². The van der Waals surface area contributed by atoms with Gasteiger partial charge in [0, 0.05) is 13.2 Å². The standard InChI is InChI=1S/C9H17NO/c1-8(7-10-2)6-9-4-3-5-11-9/h9-10H,1,3-7H2,2H3. The van der Waals surface area contributed by atoms with Gasteiger partial charge in [0.25, 0.3) is 0 Å². The minimum Gasteiger partial charge on any atom is -0.378 e. The maximum atomic E-state index is 5.48. The van der Waals surface area contributed by atoms with Gasteiger partial charge in [-0.3, -0.25) is 0 Å². The molecule has 1 heterocycles. The number of ether oxygens (including phenoxy) is 1. The molecule has 0 aromatic rings. The minimum atomic E-state index is 0.454. The Morgan fingerprint density at radius 2 is 2.55 bits per heavy atom. The second-order valence-electron chi connectivity index (χ2n) is 3.12. The van der Waals surface area contributed by atoms with Crippen LogP contribution in [0.2, 0.25) is 0 Å². The molecule has 0 aromatic heterocycles. The Labute approximate surface area is 68.6 Å². The van der Waals surface area contributed by atoms with Crippen molar-refractivity contribution in [2.24, 2.45) is 0 Å². The lowest BCUT2D eigenvalue weighted by atomic mass is 10.1. The van der Waals surface area contributed by atoms with Crippen LogP contribution in [0.4, 0.5) is 0 Å². The van der Waals surface area contributed by atoms with Gasteiger partial charge >= 0.3 is 0 Å². The maximum Gasteiger partial charge on any atom is 0.0613 e. The summed E-state index contributed by atoms with van der Waals surface area (Å²) in [4.78, 5) is 0. The molecule has 2 heteroatoms. The van der Waals surface area contributed by atoms with Crippen molar-refractivity contribution in [3.05, 3.63) is 12.2 Å². The summed E-state index contributed by atoms with van der Waals surface area (Å²) in [6.07, 6.45) is 3.91. The van der Waals surface area contributed by atoms with E-state index < -0.39 is 0 Å². The Morgan fingerprint density at radius 1 is 1.73 bits per heavy atom. The Bertz CT molecular complexity index is 128. The Balaban J connectivity index is 2.13. The van der Waals surface area contributed by atoms with Crippen LogP contribution in [0.25, 0.3) is 0 Å². The molecule has 0 aromatic carbocycles. The summed E-state index contributed by atoms with van der Waals surface area (Å²) in [5.74, 6) is 0. The second kappa shape index (κ2) is 4.52. The monoisotopic (exact) mass is 155 g/mol. The molecule has 1 unspecified atom stereocenters. The van der Waals surface area contributed by atoms with E-state index in [-0.39, 0.29) is 0 Å². The van der Waals surface area contributed by atoms with Crippen LogP contribution < -0.4 is 5.32 Å². The average molecular weight is 155 g/mol. The maximum absolute atomic E-state index is 5.48. The average Bonchev–Trinajstić information content (AvgIpc) is 2.40. The van der Waals surface area contributed by atoms with Gasteiger partial charge in [0.2, 0.25) is 0 Å². The van der Waals surface area contributed by atoms with Gasteiger partial charge in [-0.05, 0) is 26.3 Å². The van der Waals surface area contributed by atoms with Crippen LogP contribution >= 0.6 is 0 Å². The van der Waals surface area contributed by atoms with Crippen LogP contribution in [0.3, 0.4) is 0 Å². The molecule has 1 aliphatic rings. The summed E-state index contributed by atoms with van der Waals surface area (Å²) in [7, 11) is 1.95. The number of rotatable bonds is 4. The molecule has 0 saturated carbocycles. The molecule has 1 atom stereocenters. The first-order chi connectivity index (χ1) is 5.33. The van der Waals surface area contributed by atoms with E-state index in [2.05, 4.69) is 11.9 Å². The quantitative estimate of drug-likeness (QED) is 0.618. The Kier molecular flexibility index (Phi) is 3.60. The zero-order valence-corrected chi connectivity index (χ0v) is 7.23. The molecule has 11 heavy (non-hydrogen) atoms. The first-order valence-electron chi connectivity index (χ1n) is 4.26.